The highest BCUT2D eigenvalue weighted by Gasteiger charge is 2.44. The van der Waals surface area contributed by atoms with Crippen molar-refractivity contribution in [2.24, 2.45) is 16.7 Å². The van der Waals surface area contributed by atoms with Gasteiger partial charge in [-0.25, -0.2) is 0 Å². The molecule has 1 unspecified atom stereocenters. The minimum Gasteiger partial charge on any atom is -0.103 e. The largest absolute Gasteiger partial charge is 0.103 e. The third-order valence-corrected chi connectivity index (χ3v) is 6.80. The third-order valence-electron chi connectivity index (χ3n) is 6.55. The van der Waals surface area contributed by atoms with Crippen LogP contribution in [0.4, 0.5) is 0 Å². The van der Waals surface area contributed by atoms with Gasteiger partial charge in [-0.2, -0.15) is 0 Å². The van der Waals surface area contributed by atoms with Gasteiger partial charge in [-0.15, -0.1) is 6.58 Å². The highest BCUT2D eigenvalue weighted by atomic mass is 35.5. The van der Waals surface area contributed by atoms with Gasteiger partial charge in [-0.3, -0.25) is 0 Å². The molecule has 0 spiro atoms. The topological polar surface area (TPSA) is 0 Å². The number of rotatable bonds is 5. The molecule has 0 saturated heterocycles. The first-order valence-electron chi connectivity index (χ1n) is 9.14. The lowest BCUT2D eigenvalue weighted by atomic mass is 9.55. The van der Waals surface area contributed by atoms with E-state index in [0.717, 1.165) is 17.4 Å². The molecule has 1 heteroatoms. The van der Waals surface area contributed by atoms with Crippen LogP contribution in [0, 0.1) is 16.7 Å². The molecule has 1 aliphatic carbocycles. The van der Waals surface area contributed by atoms with E-state index >= 15 is 0 Å². The van der Waals surface area contributed by atoms with E-state index in [-0.39, 0.29) is 0 Å². The van der Waals surface area contributed by atoms with Crippen LogP contribution in [-0.4, -0.2) is 0 Å². The molecule has 0 bridgehead atoms. The predicted octanol–water partition coefficient (Wildman–Crippen LogP) is 7.63. The van der Waals surface area contributed by atoms with Crippen LogP contribution in [0.3, 0.4) is 0 Å². The molecule has 23 heavy (non-hydrogen) atoms. The molecule has 0 heterocycles. The summed E-state index contributed by atoms with van der Waals surface area (Å²) >= 11 is 6.02. The van der Waals surface area contributed by atoms with Crippen LogP contribution in [0.15, 0.2) is 36.9 Å². The number of hydrogen-bond acceptors (Lipinski definition) is 0. The van der Waals surface area contributed by atoms with Crippen LogP contribution in [0.5, 0.6) is 0 Å². The molecular weight excluding hydrogens is 300 g/mol. The molecule has 1 atom stereocenters. The van der Waals surface area contributed by atoms with Crippen LogP contribution < -0.4 is 0 Å². The number of halogens is 1. The monoisotopic (exact) mass is 332 g/mol. The van der Waals surface area contributed by atoms with Crippen molar-refractivity contribution in [2.75, 3.05) is 0 Å². The van der Waals surface area contributed by atoms with Gasteiger partial charge in [0, 0.05) is 5.02 Å². The zero-order chi connectivity index (χ0) is 17.1. The van der Waals surface area contributed by atoms with Gasteiger partial charge in [0.05, 0.1) is 0 Å². The Hall–Kier alpha value is -0.750. The van der Waals surface area contributed by atoms with Crippen molar-refractivity contribution < 1.29 is 0 Å². The molecule has 2 rings (SSSR count). The van der Waals surface area contributed by atoms with Crippen molar-refractivity contribution in [1.82, 2.24) is 0 Å². The first-order valence-corrected chi connectivity index (χ1v) is 9.52. The van der Waals surface area contributed by atoms with Gasteiger partial charge < -0.3 is 0 Å². The molecule has 0 amide bonds. The summed E-state index contributed by atoms with van der Waals surface area (Å²) in [6.07, 6.45) is 9.79. The van der Waals surface area contributed by atoms with Gasteiger partial charge in [-0.05, 0) is 78.9 Å². The highest BCUT2D eigenvalue weighted by Crippen LogP contribution is 2.54. The Labute approximate surface area is 148 Å². The fourth-order valence-electron chi connectivity index (χ4n) is 4.39. The Morgan fingerprint density at radius 2 is 1.61 bits per heavy atom. The second-order valence-corrected chi connectivity index (χ2v) is 9.03. The summed E-state index contributed by atoms with van der Waals surface area (Å²) in [6, 6.07) is 8.50. The zero-order valence-corrected chi connectivity index (χ0v) is 16.1. The van der Waals surface area contributed by atoms with E-state index in [1.807, 2.05) is 12.1 Å². The van der Waals surface area contributed by atoms with Gasteiger partial charge >= 0.3 is 0 Å². The average molecular weight is 333 g/mol. The van der Waals surface area contributed by atoms with E-state index < -0.39 is 0 Å². The lowest BCUT2D eigenvalue weighted by molar-refractivity contribution is 0.00338. The van der Waals surface area contributed by atoms with Gasteiger partial charge in [0.25, 0.3) is 0 Å². The zero-order valence-electron chi connectivity index (χ0n) is 15.4. The standard InChI is InChI=1S/C22H33Cl/c1-6-7-16-22(5,21(2,3)4)19-12-8-17(9-13-19)18-10-14-20(23)15-11-18/h6,10-11,14-15,17,19H,1,7-9,12-13,16H2,2-5H3. The van der Waals surface area contributed by atoms with Gasteiger partial charge in [0.2, 0.25) is 0 Å². The number of hydrogen-bond donors (Lipinski definition) is 0. The molecule has 1 aliphatic rings. The molecule has 1 aromatic carbocycles. The van der Waals surface area contributed by atoms with E-state index in [1.54, 1.807) is 0 Å². The van der Waals surface area contributed by atoms with Crippen molar-refractivity contribution in [2.45, 2.75) is 72.1 Å². The van der Waals surface area contributed by atoms with Crippen molar-refractivity contribution in [1.29, 1.82) is 0 Å². The number of allylic oxidation sites excluding steroid dienone is 1. The van der Waals surface area contributed by atoms with E-state index in [2.05, 4.69) is 52.5 Å². The quantitative estimate of drug-likeness (QED) is 0.486. The van der Waals surface area contributed by atoms with Gasteiger partial charge in [0.15, 0.2) is 0 Å². The lowest BCUT2D eigenvalue weighted by Crippen LogP contribution is -2.41. The summed E-state index contributed by atoms with van der Waals surface area (Å²) in [5.74, 6) is 1.54. The maximum atomic E-state index is 6.02. The van der Waals surface area contributed by atoms with E-state index in [4.69, 9.17) is 11.6 Å². The van der Waals surface area contributed by atoms with Crippen LogP contribution in [0.2, 0.25) is 5.02 Å². The smallest absolute Gasteiger partial charge is 0.0406 e. The maximum absolute atomic E-state index is 6.02. The second-order valence-electron chi connectivity index (χ2n) is 8.59. The lowest BCUT2D eigenvalue weighted by Gasteiger charge is -2.50. The fraction of sp³-hybridized carbons (Fsp3) is 0.636. The Morgan fingerprint density at radius 1 is 1.04 bits per heavy atom. The van der Waals surface area contributed by atoms with Crippen LogP contribution in [0.25, 0.3) is 0 Å². The molecule has 128 valence electrons. The van der Waals surface area contributed by atoms with E-state index in [9.17, 15) is 0 Å². The number of benzene rings is 1. The molecule has 0 aliphatic heterocycles. The molecule has 1 saturated carbocycles. The fourth-order valence-corrected chi connectivity index (χ4v) is 4.52. The van der Waals surface area contributed by atoms with Crippen LogP contribution in [0.1, 0.15) is 77.7 Å². The van der Waals surface area contributed by atoms with Crippen molar-refractivity contribution >= 4 is 11.6 Å². The molecule has 1 aromatic rings. The Bertz CT molecular complexity index is 500. The van der Waals surface area contributed by atoms with Gasteiger partial charge in [-0.1, -0.05) is 57.5 Å². The van der Waals surface area contributed by atoms with Crippen molar-refractivity contribution in [3.8, 4) is 0 Å². The SMILES string of the molecule is C=CCCC(C)(C1CCC(c2ccc(Cl)cc2)CC1)C(C)(C)C. The summed E-state index contributed by atoms with van der Waals surface area (Å²) in [4.78, 5) is 0. The van der Waals surface area contributed by atoms with Crippen molar-refractivity contribution in [3.05, 3.63) is 47.5 Å². The third kappa shape index (κ3) is 4.21. The Morgan fingerprint density at radius 3 is 2.09 bits per heavy atom. The average Bonchev–Trinajstić information content (AvgIpc) is 2.52. The highest BCUT2D eigenvalue weighted by molar-refractivity contribution is 6.30. The molecule has 0 radical (unpaired) electrons. The first-order chi connectivity index (χ1) is 10.8. The van der Waals surface area contributed by atoms with Crippen molar-refractivity contribution in [3.63, 3.8) is 0 Å². The second kappa shape index (κ2) is 7.43. The molecule has 1 fully saturated rings. The molecule has 0 aromatic heterocycles. The van der Waals surface area contributed by atoms with E-state index in [1.165, 1.54) is 37.7 Å². The normalized spacial score (nSPS) is 24.9. The summed E-state index contributed by atoms with van der Waals surface area (Å²) < 4.78 is 0. The minimum absolute atomic E-state index is 0.341. The minimum atomic E-state index is 0.341. The molecular formula is C22H33Cl. The van der Waals surface area contributed by atoms with Crippen LogP contribution in [-0.2, 0) is 0 Å². The van der Waals surface area contributed by atoms with Crippen LogP contribution >= 0.6 is 11.6 Å². The van der Waals surface area contributed by atoms with E-state index in [0.29, 0.717) is 16.7 Å². The molecule has 0 N–H and O–H groups in total. The maximum Gasteiger partial charge on any atom is 0.0406 e. The van der Waals surface area contributed by atoms with Gasteiger partial charge in [0.1, 0.15) is 0 Å². The summed E-state index contributed by atoms with van der Waals surface area (Å²) in [7, 11) is 0. The Kier molecular flexibility index (Phi) is 6.00. The Balaban J connectivity index is 2.06. The summed E-state index contributed by atoms with van der Waals surface area (Å²) in [5.41, 5.74) is 2.20. The first kappa shape index (κ1) is 18.6. The molecule has 0 nitrogen and oxygen atoms in total. The summed E-state index contributed by atoms with van der Waals surface area (Å²) in [6.45, 7) is 13.7. The predicted molar refractivity (Wildman–Crippen MR) is 103 cm³/mol. The summed E-state index contributed by atoms with van der Waals surface area (Å²) in [5, 5.41) is 0.840.